The molecule has 0 saturated carbocycles. The largest absolute Gasteiger partial charge is 0.462 e. The van der Waals surface area contributed by atoms with Crippen molar-refractivity contribution in [3.63, 3.8) is 0 Å². The fourth-order valence-corrected chi connectivity index (χ4v) is 5.75. The standard InChI is InChI=1S/C42H76O6/c1-4-6-7-8-17-22-27-32-39(44)33-28-23-20-25-29-34-41(45)47-37-40(36-43)48-42(46)35-30-24-19-16-14-12-10-9-11-13-15-18-21-26-31-38(3)5-2/h17,22,27,32,38,40,43H,4-16,18-21,23-26,28-31,33-37H2,1-3H3/b22-17-,32-27+/t38?,40-/m0/s1. The Hall–Kier alpha value is -1.95. The highest BCUT2D eigenvalue weighted by molar-refractivity contribution is 5.89. The van der Waals surface area contributed by atoms with Crippen LogP contribution >= 0.6 is 0 Å². The Bertz CT molecular complexity index is 804. The van der Waals surface area contributed by atoms with Crippen molar-refractivity contribution in [1.29, 1.82) is 0 Å². The first kappa shape index (κ1) is 46.0. The normalized spacial score (nSPS) is 12.9. The topological polar surface area (TPSA) is 89.9 Å². The molecule has 0 aromatic heterocycles. The van der Waals surface area contributed by atoms with Crippen molar-refractivity contribution in [1.82, 2.24) is 0 Å². The van der Waals surface area contributed by atoms with Gasteiger partial charge in [-0.25, -0.2) is 0 Å². The average Bonchev–Trinajstić information content (AvgIpc) is 3.08. The van der Waals surface area contributed by atoms with Crippen LogP contribution in [0.2, 0.25) is 0 Å². The van der Waals surface area contributed by atoms with Gasteiger partial charge in [-0.05, 0) is 44.1 Å². The summed E-state index contributed by atoms with van der Waals surface area (Å²) in [6.07, 6.45) is 37.6. The van der Waals surface area contributed by atoms with E-state index in [1.807, 2.05) is 12.2 Å². The maximum absolute atomic E-state index is 12.2. The number of ether oxygens (including phenoxy) is 2. The molecule has 0 bridgehead atoms. The number of hydrogen-bond acceptors (Lipinski definition) is 6. The van der Waals surface area contributed by atoms with Gasteiger partial charge in [0.15, 0.2) is 11.9 Å². The molecule has 0 aliphatic rings. The van der Waals surface area contributed by atoms with E-state index in [1.54, 1.807) is 6.08 Å². The first-order chi connectivity index (χ1) is 23.4. The van der Waals surface area contributed by atoms with E-state index in [1.165, 1.54) is 103 Å². The molecule has 0 fully saturated rings. The quantitative estimate of drug-likeness (QED) is 0.0307. The van der Waals surface area contributed by atoms with E-state index in [2.05, 4.69) is 26.8 Å². The molecule has 0 saturated heterocycles. The van der Waals surface area contributed by atoms with Gasteiger partial charge in [0.25, 0.3) is 0 Å². The summed E-state index contributed by atoms with van der Waals surface area (Å²) in [4.78, 5) is 36.2. The number of esters is 2. The van der Waals surface area contributed by atoms with Gasteiger partial charge in [0.05, 0.1) is 6.61 Å². The zero-order chi connectivity index (χ0) is 35.3. The lowest BCUT2D eigenvalue weighted by Crippen LogP contribution is -2.28. The fraction of sp³-hybridized carbons (Fsp3) is 0.833. The van der Waals surface area contributed by atoms with Crippen LogP contribution in [0.1, 0.15) is 201 Å². The smallest absolute Gasteiger partial charge is 0.306 e. The summed E-state index contributed by atoms with van der Waals surface area (Å²) in [6.45, 7) is 6.38. The van der Waals surface area contributed by atoms with Crippen molar-refractivity contribution in [2.75, 3.05) is 13.2 Å². The second-order valence-corrected chi connectivity index (χ2v) is 14.0. The Balaban J connectivity index is 3.61. The lowest BCUT2D eigenvalue weighted by molar-refractivity contribution is -0.161. The predicted octanol–water partition coefficient (Wildman–Crippen LogP) is 11.7. The number of hydrogen-bond donors (Lipinski definition) is 1. The number of allylic oxidation sites excluding steroid dienone is 4. The first-order valence-corrected chi connectivity index (χ1v) is 20.2. The van der Waals surface area contributed by atoms with Crippen LogP contribution in [0.25, 0.3) is 0 Å². The van der Waals surface area contributed by atoms with E-state index < -0.39 is 6.10 Å². The van der Waals surface area contributed by atoms with E-state index in [-0.39, 0.29) is 30.9 Å². The van der Waals surface area contributed by atoms with Crippen LogP contribution in [0, 0.1) is 5.92 Å². The molecule has 2 atom stereocenters. The lowest BCUT2D eigenvalue weighted by atomic mass is 9.99. The van der Waals surface area contributed by atoms with Gasteiger partial charge >= 0.3 is 11.9 Å². The van der Waals surface area contributed by atoms with E-state index in [4.69, 9.17) is 9.47 Å². The van der Waals surface area contributed by atoms with Crippen molar-refractivity contribution in [2.24, 2.45) is 5.92 Å². The first-order valence-electron chi connectivity index (χ1n) is 20.2. The number of carbonyl (C=O) groups excluding carboxylic acids is 3. The van der Waals surface area contributed by atoms with Crippen molar-refractivity contribution in [2.45, 2.75) is 207 Å². The number of aliphatic hydroxyl groups excluding tert-OH is 1. The predicted molar refractivity (Wildman–Crippen MR) is 201 cm³/mol. The zero-order valence-electron chi connectivity index (χ0n) is 31.7. The Morgan fingerprint density at radius 2 is 1.10 bits per heavy atom. The Morgan fingerprint density at radius 3 is 1.62 bits per heavy atom. The second kappa shape index (κ2) is 36.3. The van der Waals surface area contributed by atoms with E-state index >= 15 is 0 Å². The number of unbranched alkanes of at least 4 members (excludes halogenated alkanes) is 20. The minimum atomic E-state index is -0.806. The third kappa shape index (κ3) is 33.9. The molecule has 0 aliphatic heterocycles. The Labute approximate surface area is 296 Å². The lowest BCUT2D eigenvalue weighted by Gasteiger charge is -2.15. The third-order valence-corrected chi connectivity index (χ3v) is 9.26. The van der Waals surface area contributed by atoms with Gasteiger partial charge in [-0.1, -0.05) is 167 Å². The second-order valence-electron chi connectivity index (χ2n) is 14.0. The van der Waals surface area contributed by atoms with Gasteiger partial charge < -0.3 is 14.6 Å². The highest BCUT2D eigenvalue weighted by Crippen LogP contribution is 2.16. The van der Waals surface area contributed by atoms with Crippen LogP contribution in [0.3, 0.4) is 0 Å². The highest BCUT2D eigenvalue weighted by atomic mass is 16.6. The molecule has 280 valence electrons. The summed E-state index contributed by atoms with van der Waals surface area (Å²) in [5, 5.41) is 9.55. The summed E-state index contributed by atoms with van der Waals surface area (Å²) < 4.78 is 10.6. The molecule has 0 heterocycles. The van der Waals surface area contributed by atoms with E-state index in [0.29, 0.717) is 19.3 Å². The van der Waals surface area contributed by atoms with E-state index in [9.17, 15) is 19.5 Å². The van der Waals surface area contributed by atoms with Crippen LogP contribution < -0.4 is 0 Å². The van der Waals surface area contributed by atoms with Crippen molar-refractivity contribution >= 4 is 17.7 Å². The molecule has 48 heavy (non-hydrogen) atoms. The summed E-state index contributed by atoms with van der Waals surface area (Å²) in [6, 6.07) is 0. The van der Waals surface area contributed by atoms with Crippen LogP contribution in [-0.2, 0) is 23.9 Å². The molecule has 0 spiro atoms. The van der Waals surface area contributed by atoms with Crippen molar-refractivity contribution < 1.29 is 29.0 Å². The molecular formula is C42H76O6. The van der Waals surface area contributed by atoms with Crippen molar-refractivity contribution in [3.05, 3.63) is 24.3 Å². The molecule has 0 aliphatic carbocycles. The molecule has 0 amide bonds. The van der Waals surface area contributed by atoms with Crippen LogP contribution in [-0.4, -0.2) is 42.1 Å². The van der Waals surface area contributed by atoms with Gasteiger partial charge in [-0.15, -0.1) is 0 Å². The molecule has 1 unspecified atom stereocenters. The minimum Gasteiger partial charge on any atom is -0.462 e. The highest BCUT2D eigenvalue weighted by Gasteiger charge is 2.16. The summed E-state index contributed by atoms with van der Waals surface area (Å²) in [5.74, 6) is 0.375. The molecule has 6 nitrogen and oxygen atoms in total. The fourth-order valence-electron chi connectivity index (χ4n) is 5.75. The van der Waals surface area contributed by atoms with Crippen LogP contribution in [0.15, 0.2) is 24.3 Å². The Kier molecular flexibility index (Phi) is 34.9. The van der Waals surface area contributed by atoms with Crippen LogP contribution in [0.4, 0.5) is 0 Å². The summed E-state index contributed by atoms with van der Waals surface area (Å²) in [5.41, 5.74) is 0. The minimum absolute atomic E-state index is 0.108. The van der Waals surface area contributed by atoms with E-state index in [0.717, 1.165) is 63.7 Å². The van der Waals surface area contributed by atoms with Gasteiger partial charge in [-0.3, -0.25) is 14.4 Å². The molecular weight excluding hydrogens is 600 g/mol. The average molecular weight is 677 g/mol. The number of aliphatic hydroxyl groups is 1. The summed E-state index contributed by atoms with van der Waals surface area (Å²) in [7, 11) is 0. The Morgan fingerprint density at radius 1 is 0.604 bits per heavy atom. The van der Waals surface area contributed by atoms with Gasteiger partial charge in [-0.2, -0.15) is 0 Å². The van der Waals surface area contributed by atoms with Gasteiger partial charge in [0.1, 0.15) is 6.61 Å². The molecule has 0 aromatic carbocycles. The third-order valence-electron chi connectivity index (χ3n) is 9.26. The van der Waals surface area contributed by atoms with Gasteiger partial charge in [0.2, 0.25) is 0 Å². The van der Waals surface area contributed by atoms with Gasteiger partial charge in [0, 0.05) is 19.3 Å². The molecule has 0 radical (unpaired) electrons. The number of rotatable bonds is 36. The maximum Gasteiger partial charge on any atom is 0.306 e. The SMILES string of the molecule is CCCCC/C=C\C=C\C(=O)CCCCCCCC(=O)OC[C@H](CO)OC(=O)CCCCCCCCCCCCCCCCC(C)CC. The maximum atomic E-state index is 12.2. The number of carbonyl (C=O) groups is 3. The zero-order valence-corrected chi connectivity index (χ0v) is 31.7. The molecule has 6 heteroatoms. The molecule has 0 rings (SSSR count). The molecule has 1 N–H and O–H groups in total. The summed E-state index contributed by atoms with van der Waals surface area (Å²) >= 11 is 0. The molecule has 0 aromatic rings. The van der Waals surface area contributed by atoms with Crippen molar-refractivity contribution in [3.8, 4) is 0 Å². The monoisotopic (exact) mass is 677 g/mol. The van der Waals surface area contributed by atoms with Crippen LogP contribution in [0.5, 0.6) is 0 Å². The number of ketones is 1.